The molecule has 6 nitrogen and oxygen atoms in total. The minimum Gasteiger partial charge on any atom is -0.370 e. The lowest BCUT2D eigenvalue weighted by Gasteiger charge is -2.30. The standard InChI is InChI=1S/C18H20N4O2/c19-17(23)11-13-7-9-22(10-8-13)18(24)6-5-14-12-20-15-3-1-2-4-16(15)21-14/h1-6,12-13H,7-11H2,(H2,19,23)/b6-5-. The summed E-state index contributed by atoms with van der Waals surface area (Å²) < 4.78 is 0. The third kappa shape index (κ3) is 3.95. The van der Waals surface area contributed by atoms with Crippen LogP contribution in [-0.2, 0) is 9.59 Å². The van der Waals surface area contributed by atoms with E-state index in [-0.39, 0.29) is 11.8 Å². The monoisotopic (exact) mass is 324 g/mol. The molecule has 0 saturated carbocycles. The Morgan fingerprint density at radius 3 is 2.62 bits per heavy atom. The molecule has 1 aromatic heterocycles. The van der Waals surface area contributed by atoms with Crippen LogP contribution in [0.15, 0.2) is 36.5 Å². The molecule has 0 unspecified atom stereocenters. The van der Waals surface area contributed by atoms with Gasteiger partial charge < -0.3 is 10.6 Å². The van der Waals surface area contributed by atoms with Gasteiger partial charge in [0.15, 0.2) is 0 Å². The molecule has 2 aromatic rings. The van der Waals surface area contributed by atoms with Crippen LogP contribution in [0.2, 0.25) is 0 Å². The second kappa shape index (κ2) is 7.21. The van der Waals surface area contributed by atoms with Gasteiger partial charge in [-0.3, -0.25) is 14.6 Å². The molecule has 1 aromatic carbocycles. The molecule has 6 heteroatoms. The van der Waals surface area contributed by atoms with Gasteiger partial charge in [0.1, 0.15) is 0 Å². The summed E-state index contributed by atoms with van der Waals surface area (Å²) in [6.45, 7) is 1.31. The number of fused-ring (bicyclic) bond motifs is 1. The van der Waals surface area contributed by atoms with Crippen LogP contribution < -0.4 is 5.73 Å². The quantitative estimate of drug-likeness (QED) is 0.868. The van der Waals surface area contributed by atoms with Gasteiger partial charge in [-0.25, -0.2) is 4.98 Å². The molecule has 0 bridgehead atoms. The highest BCUT2D eigenvalue weighted by molar-refractivity contribution is 5.91. The number of piperidine rings is 1. The summed E-state index contributed by atoms with van der Waals surface area (Å²) in [6, 6.07) is 7.62. The predicted octanol–water partition coefficient (Wildman–Crippen LogP) is 1.76. The lowest BCUT2D eigenvalue weighted by atomic mass is 9.93. The first-order valence-electron chi connectivity index (χ1n) is 8.09. The first kappa shape index (κ1) is 16.1. The van der Waals surface area contributed by atoms with Gasteiger partial charge in [-0.1, -0.05) is 12.1 Å². The Morgan fingerprint density at radius 2 is 1.92 bits per heavy atom. The first-order valence-corrected chi connectivity index (χ1v) is 8.09. The fourth-order valence-corrected chi connectivity index (χ4v) is 2.96. The van der Waals surface area contributed by atoms with Crippen LogP contribution in [0.4, 0.5) is 0 Å². The van der Waals surface area contributed by atoms with Gasteiger partial charge in [-0.2, -0.15) is 0 Å². The molecular formula is C18H20N4O2. The van der Waals surface area contributed by atoms with E-state index in [9.17, 15) is 9.59 Å². The summed E-state index contributed by atoms with van der Waals surface area (Å²) in [6.07, 6.45) is 6.93. The number of carbonyl (C=O) groups excluding carboxylic acids is 2. The Kier molecular flexibility index (Phi) is 4.84. The third-order valence-corrected chi connectivity index (χ3v) is 4.28. The zero-order chi connectivity index (χ0) is 16.9. The Hall–Kier alpha value is -2.76. The van der Waals surface area contributed by atoms with Crippen LogP contribution in [0.3, 0.4) is 0 Å². The number of amides is 2. The number of carbonyl (C=O) groups is 2. The van der Waals surface area contributed by atoms with E-state index in [1.165, 1.54) is 6.08 Å². The zero-order valence-corrected chi connectivity index (χ0v) is 13.4. The average Bonchev–Trinajstić information content (AvgIpc) is 2.59. The van der Waals surface area contributed by atoms with Crippen molar-refractivity contribution < 1.29 is 9.59 Å². The van der Waals surface area contributed by atoms with Crippen LogP contribution in [0.1, 0.15) is 25.0 Å². The predicted molar refractivity (Wildman–Crippen MR) is 91.7 cm³/mol. The molecule has 2 amide bonds. The number of nitrogens with zero attached hydrogens (tertiary/aromatic N) is 3. The molecular weight excluding hydrogens is 304 g/mol. The molecule has 1 saturated heterocycles. The Labute approximate surface area is 140 Å². The number of likely N-dealkylation sites (tertiary alicyclic amines) is 1. The summed E-state index contributed by atoms with van der Waals surface area (Å²) in [5, 5.41) is 0. The highest BCUT2D eigenvalue weighted by Crippen LogP contribution is 2.20. The summed E-state index contributed by atoms with van der Waals surface area (Å²) in [7, 11) is 0. The third-order valence-electron chi connectivity index (χ3n) is 4.28. The maximum Gasteiger partial charge on any atom is 0.246 e. The average molecular weight is 324 g/mol. The van der Waals surface area contributed by atoms with E-state index in [2.05, 4.69) is 9.97 Å². The maximum atomic E-state index is 12.3. The molecule has 124 valence electrons. The topological polar surface area (TPSA) is 89.2 Å². The summed E-state index contributed by atoms with van der Waals surface area (Å²) in [5.41, 5.74) is 7.52. The van der Waals surface area contributed by atoms with E-state index in [1.54, 1.807) is 17.2 Å². The molecule has 1 aliphatic rings. The lowest BCUT2D eigenvalue weighted by Crippen LogP contribution is -2.38. The van der Waals surface area contributed by atoms with Crippen LogP contribution >= 0.6 is 0 Å². The van der Waals surface area contributed by atoms with Crippen LogP contribution in [0, 0.1) is 5.92 Å². The van der Waals surface area contributed by atoms with Crippen molar-refractivity contribution in [2.75, 3.05) is 13.1 Å². The van der Waals surface area contributed by atoms with E-state index in [0.29, 0.717) is 31.1 Å². The van der Waals surface area contributed by atoms with E-state index in [4.69, 9.17) is 5.73 Å². The number of para-hydroxylation sites is 2. The number of nitrogens with two attached hydrogens (primary N) is 1. The minimum absolute atomic E-state index is 0.0394. The largest absolute Gasteiger partial charge is 0.370 e. The van der Waals surface area contributed by atoms with Crippen molar-refractivity contribution in [3.63, 3.8) is 0 Å². The van der Waals surface area contributed by atoms with Crippen molar-refractivity contribution in [2.45, 2.75) is 19.3 Å². The highest BCUT2D eigenvalue weighted by atomic mass is 16.2. The molecule has 2 heterocycles. The van der Waals surface area contributed by atoms with E-state index < -0.39 is 0 Å². The second-order valence-corrected chi connectivity index (χ2v) is 6.06. The molecule has 0 spiro atoms. The van der Waals surface area contributed by atoms with Gasteiger partial charge in [0.05, 0.1) is 22.9 Å². The van der Waals surface area contributed by atoms with E-state index >= 15 is 0 Å². The molecule has 0 atom stereocenters. The zero-order valence-electron chi connectivity index (χ0n) is 13.4. The number of hydrogen-bond acceptors (Lipinski definition) is 4. The second-order valence-electron chi connectivity index (χ2n) is 6.06. The molecule has 3 rings (SSSR count). The fourth-order valence-electron chi connectivity index (χ4n) is 2.96. The summed E-state index contributed by atoms with van der Waals surface area (Å²) >= 11 is 0. The van der Waals surface area contributed by atoms with Crippen molar-refractivity contribution in [3.05, 3.63) is 42.2 Å². The molecule has 1 fully saturated rings. The number of benzene rings is 1. The summed E-state index contributed by atoms with van der Waals surface area (Å²) in [4.78, 5) is 33.8. The number of rotatable bonds is 4. The molecule has 0 aliphatic carbocycles. The lowest BCUT2D eigenvalue weighted by molar-refractivity contribution is -0.127. The van der Waals surface area contributed by atoms with E-state index in [1.807, 2.05) is 24.3 Å². The molecule has 24 heavy (non-hydrogen) atoms. The SMILES string of the molecule is NC(=O)CC1CCN(C(=O)/C=C\c2cnc3ccccc3n2)CC1. The molecule has 0 radical (unpaired) electrons. The maximum absolute atomic E-state index is 12.3. The normalized spacial score (nSPS) is 15.9. The Balaban J connectivity index is 1.59. The Morgan fingerprint density at radius 1 is 1.21 bits per heavy atom. The van der Waals surface area contributed by atoms with Gasteiger partial charge in [0, 0.05) is 25.6 Å². The van der Waals surface area contributed by atoms with Crippen molar-refractivity contribution in [1.29, 1.82) is 0 Å². The number of primary amides is 1. The smallest absolute Gasteiger partial charge is 0.246 e. The van der Waals surface area contributed by atoms with Crippen molar-refractivity contribution in [2.24, 2.45) is 11.7 Å². The van der Waals surface area contributed by atoms with Crippen molar-refractivity contribution in [3.8, 4) is 0 Å². The van der Waals surface area contributed by atoms with Gasteiger partial charge in [0.2, 0.25) is 11.8 Å². The van der Waals surface area contributed by atoms with Gasteiger partial charge in [-0.15, -0.1) is 0 Å². The van der Waals surface area contributed by atoms with Crippen molar-refractivity contribution in [1.82, 2.24) is 14.9 Å². The summed E-state index contributed by atoms with van der Waals surface area (Å²) in [5.74, 6) is -0.0149. The highest BCUT2D eigenvalue weighted by Gasteiger charge is 2.22. The van der Waals surface area contributed by atoms with Gasteiger partial charge >= 0.3 is 0 Å². The van der Waals surface area contributed by atoms with Crippen molar-refractivity contribution >= 4 is 28.9 Å². The fraction of sp³-hybridized carbons (Fsp3) is 0.333. The van der Waals surface area contributed by atoms with E-state index in [0.717, 1.165) is 23.9 Å². The molecule has 1 aliphatic heterocycles. The Bertz CT molecular complexity index is 779. The van der Waals surface area contributed by atoms with Gasteiger partial charge in [-0.05, 0) is 37.0 Å². The minimum atomic E-state index is -0.269. The van der Waals surface area contributed by atoms with Crippen LogP contribution in [-0.4, -0.2) is 39.8 Å². The van der Waals surface area contributed by atoms with Crippen LogP contribution in [0.25, 0.3) is 17.1 Å². The van der Waals surface area contributed by atoms with Crippen LogP contribution in [0.5, 0.6) is 0 Å². The first-order chi connectivity index (χ1) is 11.6. The van der Waals surface area contributed by atoms with Gasteiger partial charge in [0.25, 0.3) is 0 Å². The number of hydrogen-bond donors (Lipinski definition) is 1. The number of aromatic nitrogens is 2. The molecule has 2 N–H and O–H groups in total.